The zero-order valence-electron chi connectivity index (χ0n) is 8.43. The topological polar surface area (TPSA) is 69.2 Å². The quantitative estimate of drug-likeness (QED) is 0.457. The predicted octanol–water partition coefficient (Wildman–Crippen LogP) is 2.56. The first kappa shape index (κ1) is 11.4. The Morgan fingerprint density at radius 2 is 2.07 bits per heavy atom. The molecular weight excluding hydrogens is 192 g/mol. The average molecular weight is 206 g/mol. The van der Waals surface area contributed by atoms with Crippen molar-refractivity contribution >= 4 is 5.69 Å². The van der Waals surface area contributed by atoms with E-state index < -0.39 is 4.92 Å². The minimum absolute atomic E-state index is 0.0798. The lowest BCUT2D eigenvalue weighted by molar-refractivity contribution is -0.384. The van der Waals surface area contributed by atoms with Crippen molar-refractivity contribution in [2.24, 2.45) is 5.73 Å². The van der Waals surface area contributed by atoms with Crippen molar-refractivity contribution in [3.05, 3.63) is 52.6 Å². The summed E-state index contributed by atoms with van der Waals surface area (Å²) in [5.41, 5.74) is 6.90. The van der Waals surface area contributed by atoms with Crippen LogP contribution in [0.4, 0.5) is 5.69 Å². The third-order valence-electron chi connectivity index (χ3n) is 2.21. The molecule has 0 aliphatic heterocycles. The predicted molar refractivity (Wildman–Crippen MR) is 59.5 cm³/mol. The Kier molecular flexibility index (Phi) is 4.00. The highest BCUT2D eigenvalue weighted by Gasteiger charge is 2.08. The molecule has 0 fully saturated rings. The van der Waals surface area contributed by atoms with Gasteiger partial charge in [0.05, 0.1) is 4.92 Å². The summed E-state index contributed by atoms with van der Waals surface area (Å²) >= 11 is 0. The van der Waals surface area contributed by atoms with E-state index in [9.17, 15) is 10.1 Å². The highest BCUT2D eigenvalue weighted by molar-refractivity contribution is 5.34. The van der Waals surface area contributed by atoms with Gasteiger partial charge in [-0.15, -0.1) is 6.58 Å². The molecule has 0 aliphatic rings. The maximum atomic E-state index is 10.4. The molecule has 0 unspecified atom stereocenters. The Labute approximate surface area is 88.6 Å². The number of rotatable bonds is 5. The van der Waals surface area contributed by atoms with Gasteiger partial charge in [-0.1, -0.05) is 18.2 Å². The van der Waals surface area contributed by atoms with Gasteiger partial charge in [0, 0.05) is 18.2 Å². The summed E-state index contributed by atoms with van der Waals surface area (Å²) < 4.78 is 0. The number of allylic oxidation sites excluding steroid dienone is 1. The number of nitrogens with two attached hydrogens (primary N) is 1. The van der Waals surface area contributed by atoms with Gasteiger partial charge in [0.2, 0.25) is 0 Å². The number of benzene rings is 1. The van der Waals surface area contributed by atoms with Gasteiger partial charge in [-0.3, -0.25) is 10.1 Å². The fourth-order valence-corrected chi connectivity index (χ4v) is 1.31. The maximum Gasteiger partial charge on any atom is 0.269 e. The van der Waals surface area contributed by atoms with Gasteiger partial charge in [0.1, 0.15) is 0 Å². The standard InChI is InChI=1S/C11H14N2O2/c1-2-3-4-11(12)9-5-7-10(8-6-9)13(14)15/h2,5-8,11H,1,3-4,12H2/t11-/m1/s1. The second-order valence-corrected chi connectivity index (χ2v) is 3.32. The molecule has 4 heteroatoms. The number of non-ortho nitro benzene ring substituents is 1. The van der Waals surface area contributed by atoms with Crippen LogP contribution in [0.2, 0.25) is 0 Å². The molecule has 0 saturated carbocycles. The van der Waals surface area contributed by atoms with E-state index in [4.69, 9.17) is 5.73 Å². The minimum atomic E-state index is -0.418. The molecule has 0 radical (unpaired) electrons. The van der Waals surface area contributed by atoms with Crippen LogP contribution in [0.3, 0.4) is 0 Å². The normalized spacial score (nSPS) is 12.1. The van der Waals surface area contributed by atoms with Gasteiger partial charge in [0.15, 0.2) is 0 Å². The second kappa shape index (κ2) is 5.26. The van der Waals surface area contributed by atoms with Crippen molar-refractivity contribution in [1.82, 2.24) is 0 Å². The Morgan fingerprint density at radius 3 is 2.53 bits per heavy atom. The molecule has 0 saturated heterocycles. The van der Waals surface area contributed by atoms with Gasteiger partial charge < -0.3 is 5.73 Å². The molecule has 0 bridgehead atoms. The van der Waals surface area contributed by atoms with E-state index in [0.717, 1.165) is 18.4 Å². The fraction of sp³-hybridized carbons (Fsp3) is 0.273. The molecule has 0 amide bonds. The minimum Gasteiger partial charge on any atom is -0.324 e. The maximum absolute atomic E-state index is 10.4. The van der Waals surface area contributed by atoms with E-state index in [-0.39, 0.29) is 11.7 Å². The third kappa shape index (κ3) is 3.18. The van der Waals surface area contributed by atoms with Crippen LogP contribution in [0.15, 0.2) is 36.9 Å². The number of nitro benzene ring substituents is 1. The molecule has 0 spiro atoms. The molecule has 4 nitrogen and oxygen atoms in total. The van der Waals surface area contributed by atoms with Crippen LogP contribution < -0.4 is 5.73 Å². The van der Waals surface area contributed by atoms with Gasteiger partial charge in [-0.25, -0.2) is 0 Å². The zero-order valence-corrected chi connectivity index (χ0v) is 8.43. The third-order valence-corrected chi connectivity index (χ3v) is 2.21. The number of nitrogens with zero attached hydrogens (tertiary/aromatic N) is 1. The molecule has 1 aromatic rings. The van der Waals surface area contributed by atoms with Gasteiger partial charge >= 0.3 is 0 Å². The smallest absolute Gasteiger partial charge is 0.269 e. The Hall–Kier alpha value is -1.68. The molecule has 1 atom stereocenters. The van der Waals surface area contributed by atoms with Gasteiger partial charge in [-0.05, 0) is 18.4 Å². The van der Waals surface area contributed by atoms with Crippen molar-refractivity contribution < 1.29 is 4.92 Å². The van der Waals surface area contributed by atoms with Crippen LogP contribution >= 0.6 is 0 Å². The molecular formula is C11H14N2O2. The highest BCUT2D eigenvalue weighted by atomic mass is 16.6. The summed E-state index contributed by atoms with van der Waals surface area (Å²) in [6.45, 7) is 3.62. The molecule has 1 aromatic carbocycles. The molecule has 0 aliphatic carbocycles. The summed E-state index contributed by atoms with van der Waals surface area (Å²) in [7, 11) is 0. The summed E-state index contributed by atoms with van der Waals surface area (Å²) in [6, 6.07) is 6.27. The van der Waals surface area contributed by atoms with Crippen LogP contribution in [-0.2, 0) is 0 Å². The summed E-state index contributed by atoms with van der Waals surface area (Å²) in [5, 5.41) is 10.4. The number of hydrogen-bond donors (Lipinski definition) is 1. The van der Waals surface area contributed by atoms with Gasteiger partial charge in [0.25, 0.3) is 5.69 Å². The van der Waals surface area contributed by atoms with Crippen LogP contribution in [-0.4, -0.2) is 4.92 Å². The number of nitro groups is 1. The molecule has 80 valence electrons. The van der Waals surface area contributed by atoms with Crippen molar-refractivity contribution in [2.75, 3.05) is 0 Å². The largest absolute Gasteiger partial charge is 0.324 e. The SMILES string of the molecule is C=CCC[C@@H](N)c1ccc([N+](=O)[O-])cc1. The van der Waals surface area contributed by atoms with E-state index in [1.807, 2.05) is 6.08 Å². The Bertz CT molecular complexity index is 346. The lowest BCUT2D eigenvalue weighted by Gasteiger charge is -2.09. The van der Waals surface area contributed by atoms with E-state index in [2.05, 4.69) is 6.58 Å². The van der Waals surface area contributed by atoms with Crippen molar-refractivity contribution in [3.8, 4) is 0 Å². The first-order valence-electron chi connectivity index (χ1n) is 4.76. The highest BCUT2D eigenvalue weighted by Crippen LogP contribution is 2.19. The van der Waals surface area contributed by atoms with Crippen molar-refractivity contribution in [2.45, 2.75) is 18.9 Å². The second-order valence-electron chi connectivity index (χ2n) is 3.32. The van der Waals surface area contributed by atoms with Crippen LogP contribution in [0.1, 0.15) is 24.4 Å². The van der Waals surface area contributed by atoms with E-state index in [1.165, 1.54) is 12.1 Å². The monoisotopic (exact) mass is 206 g/mol. The van der Waals surface area contributed by atoms with E-state index in [1.54, 1.807) is 12.1 Å². The summed E-state index contributed by atoms with van der Waals surface area (Å²) in [6.07, 6.45) is 3.46. The zero-order chi connectivity index (χ0) is 11.3. The number of hydrogen-bond acceptors (Lipinski definition) is 3. The summed E-state index contributed by atoms with van der Waals surface area (Å²) in [5.74, 6) is 0. The van der Waals surface area contributed by atoms with Crippen LogP contribution in [0.25, 0.3) is 0 Å². The lowest BCUT2D eigenvalue weighted by Crippen LogP contribution is -2.09. The molecule has 2 N–H and O–H groups in total. The van der Waals surface area contributed by atoms with Crippen molar-refractivity contribution in [3.63, 3.8) is 0 Å². The van der Waals surface area contributed by atoms with Crippen LogP contribution in [0.5, 0.6) is 0 Å². The summed E-state index contributed by atoms with van der Waals surface area (Å²) in [4.78, 5) is 10.00. The van der Waals surface area contributed by atoms with Gasteiger partial charge in [-0.2, -0.15) is 0 Å². The Balaban J connectivity index is 2.70. The first-order chi connectivity index (χ1) is 7.15. The lowest BCUT2D eigenvalue weighted by atomic mass is 10.0. The Morgan fingerprint density at radius 1 is 1.47 bits per heavy atom. The first-order valence-corrected chi connectivity index (χ1v) is 4.76. The average Bonchev–Trinajstić information content (AvgIpc) is 2.26. The molecule has 1 rings (SSSR count). The molecule has 0 aromatic heterocycles. The van der Waals surface area contributed by atoms with E-state index in [0.29, 0.717) is 0 Å². The fourth-order valence-electron chi connectivity index (χ4n) is 1.31. The van der Waals surface area contributed by atoms with Crippen LogP contribution in [0, 0.1) is 10.1 Å². The molecule has 15 heavy (non-hydrogen) atoms. The molecule has 0 heterocycles. The van der Waals surface area contributed by atoms with Crippen molar-refractivity contribution in [1.29, 1.82) is 0 Å². The van der Waals surface area contributed by atoms with E-state index >= 15 is 0 Å².